The van der Waals surface area contributed by atoms with E-state index in [2.05, 4.69) is 24.5 Å². The second-order valence-electron chi connectivity index (χ2n) is 3.92. The summed E-state index contributed by atoms with van der Waals surface area (Å²) in [7, 11) is 1.76. The molecule has 4 heteroatoms. The van der Waals surface area contributed by atoms with Crippen LogP contribution in [0.1, 0.15) is 15.9 Å². The fourth-order valence-corrected chi connectivity index (χ4v) is 1.90. The van der Waals surface area contributed by atoms with E-state index in [1.54, 1.807) is 7.05 Å². The molecule has 3 N–H and O–H groups in total. The van der Waals surface area contributed by atoms with E-state index in [0.29, 0.717) is 23.4 Å². The molecule has 0 radical (unpaired) electrons. The monoisotopic (exact) mass is 250 g/mol. The molecule has 0 spiro atoms. The number of nitrogens with one attached hydrogen (secondary N) is 1. The summed E-state index contributed by atoms with van der Waals surface area (Å²) in [6.07, 6.45) is 0.635. The van der Waals surface area contributed by atoms with Gasteiger partial charge in [-0.05, 0) is 12.6 Å². The number of thiol groups is 1. The van der Waals surface area contributed by atoms with Crippen LogP contribution >= 0.6 is 12.6 Å². The van der Waals surface area contributed by atoms with Crippen LogP contribution in [0.3, 0.4) is 0 Å². The minimum absolute atomic E-state index is 0.0561. The topological polar surface area (TPSA) is 55.1 Å². The fraction of sp³-hybridized carbons (Fsp3) is 0.308. The van der Waals surface area contributed by atoms with Crippen molar-refractivity contribution in [3.05, 3.63) is 47.7 Å². The molecule has 1 rings (SSSR count). The van der Waals surface area contributed by atoms with Crippen molar-refractivity contribution in [3.63, 3.8) is 0 Å². The number of ketones is 1. The Bertz CT molecular complexity index is 396. The lowest BCUT2D eigenvalue weighted by Crippen LogP contribution is -2.35. The molecule has 0 aromatic heterocycles. The van der Waals surface area contributed by atoms with Crippen molar-refractivity contribution in [3.8, 4) is 0 Å². The van der Waals surface area contributed by atoms with E-state index >= 15 is 0 Å². The van der Waals surface area contributed by atoms with E-state index in [1.807, 2.05) is 24.3 Å². The van der Waals surface area contributed by atoms with Crippen molar-refractivity contribution in [1.29, 1.82) is 0 Å². The summed E-state index contributed by atoms with van der Waals surface area (Å²) in [4.78, 5) is 12.0. The van der Waals surface area contributed by atoms with E-state index in [1.165, 1.54) is 0 Å². The van der Waals surface area contributed by atoms with Gasteiger partial charge in [-0.15, -0.1) is 0 Å². The lowest BCUT2D eigenvalue weighted by Gasteiger charge is -2.12. The Morgan fingerprint density at radius 3 is 2.47 bits per heavy atom. The molecule has 3 nitrogen and oxygen atoms in total. The highest BCUT2D eigenvalue weighted by Crippen LogP contribution is 2.09. The number of carbonyl (C=O) groups is 1. The molecular weight excluding hydrogens is 232 g/mol. The van der Waals surface area contributed by atoms with Crippen molar-refractivity contribution in [2.75, 3.05) is 12.8 Å². The molecule has 0 fully saturated rings. The standard InChI is InChI=1S/C13H18N2OS/c1-9(14)7-10-3-5-11(6-4-10)13(16)12(8-17)15-2/h3-6,12,15,17H,1,7-8,14H2,2H3/t12-/m0/s1. The zero-order valence-corrected chi connectivity index (χ0v) is 10.8. The van der Waals surface area contributed by atoms with Crippen LogP contribution in [0.15, 0.2) is 36.5 Å². The predicted octanol–water partition coefficient (Wildman–Crippen LogP) is 1.40. The number of hydrogen-bond donors (Lipinski definition) is 3. The average molecular weight is 250 g/mol. The molecule has 0 aliphatic rings. The molecule has 0 aliphatic carbocycles. The molecule has 92 valence electrons. The predicted molar refractivity (Wildman–Crippen MR) is 74.5 cm³/mol. The third-order valence-electron chi connectivity index (χ3n) is 2.52. The average Bonchev–Trinajstić information content (AvgIpc) is 2.30. The van der Waals surface area contributed by atoms with Gasteiger partial charge in [0.25, 0.3) is 0 Å². The number of nitrogens with two attached hydrogens (primary N) is 1. The van der Waals surface area contributed by atoms with Crippen LogP contribution in [0.25, 0.3) is 0 Å². The van der Waals surface area contributed by atoms with Crippen LogP contribution in [-0.4, -0.2) is 24.6 Å². The van der Waals surface area contributed by atoms with Crippen LogP contribution in [-0.2, 0) is 6.42 Å². The highest BCUT2D eigenvalue weighted by Gasteiger charge is 2.16. The number of likely N-dealkylation sites (N-methyl/N-ethyl adjacent to an activating group) is 1. The van der Waals surface area contributed by atoms with Crippen molar-refractivity contribution in [1.82, 2.24) is 5.32 Å². The van der Waals surface area contributed by atoms with Crippen LogP contribution in [0, 0.1) is 0 Å². The SMILES string of the molecule is C=C(N)Cc1ccc(C(=O)[C@H](CS)NC)cc1. The van der Waals surface area contributed by atoms with Crippen molar-refractivity contribution >= 4 is 18.4 Å². The maximum absolute atomic E-state index is 12.0. The first kappa shape index (κ1) is 13.8. The minimum Gasteiger partial charge on any atom is -0.402 e. The number of rotatable bonds is 6. The van der Waals surface area contributed by atoms with Crippen LogP contribution in [0.4, 0.5) is 0 Å². The highest BCUT2D eigenvalue weighted by molar-refractivity contribution is 7.80. The van der Waals surface area contributed by atoms with Gasteiger partial charge in [-0.25, -0.2) is 0 Å². The Labute approximate surface area is 108 Å². The molecular formula is C13H18N2OS. The molecule has 0 heterocycles. The van der Waals surface area contributed by atoms with Gasteiger partial charge in [-0.2, -0.15) is 12.6 Å². The molecule has 0 unspecified atom stereocenters. The molecule has 0 saturated carbocycles. The summed E-state index contributed by atoms with van der Waals surface area (Å²) < 4.78 is 0. The Balaban J connectivity index is 2.80. The Morgan fingerprint density at radius 1 is 1.47 bits per heavy atom. The fourth-order valence-electron chi connectivity index (χ4n) is 1.56. The molecule has 0 saturated heterocycles. The third-order valence-corrected chi connectivity index (χ3v) is 2.88. The van der Waals surface area contributed by atoms with Gasteiger partial charge < -0.3 is 11.1 Å². The number of hydrogen-bond acceptors (Lipinski definition) is 4. The van der Waals surface area contributed by atoms with Gasteiger partial charge in [0.05, 0.1) is 6.04 Å². The van der Waals surface area contributed by atoms with Crippen LogP contribution < -0.4 is 11.1 Å². The summed E-state index contributed by atoms with van der Waals surface area (Å²) in [6, 6.07) is 7.18. The lowest BCUT2D eigenvalue weighted by molar-refractivity contribution is 0.0957. The van der Waals surface area contributed by atoms with E-state index < -0.39 is 0 Å². The van der Waals surface area contributed by atoms with Crippen molar-refractivity contribution in [2.45, 2.75) is 12.5 Å². The smallest absolute Gasteiger partial charge is 0.180 e. The normalized spacial score (nSPS) is 12.1. The molecule has 17 heavy (non-hydrogen) atoms. The van der Waals surface area contributed by atoms with Gasteiger partial charge >= 0.3 is 0 Å². The summed E-state index contributed by atoms with van der Waals surface area (Å²) in [5.41, 5.74) is 7.89. The van der Waals surface area contributed by atoms with E-state index in [-0.39, 0.29) is 11.8 Å². The van der Waals surface area contributed by atoms with Crippen molar-refractivity contribution in [2.24, 2.45) is 5.73 Å². The number of allylic oxidation sites excluding steroid dienone is 1. The molecule has 0 amide bonds. The molecule has 1 aromatic carbocycles. The van der Waals surface area contributed by atoms with Gasteiger partial charge in [0.15, 0.2) is 5.78 Å². The first-order valence-electron chi connectivity index (χ1n) is 5.43. The maximum Gasteiger partial charge on any atom is 0.180 e. The Morgan fingerprint density at radius 2 is 2.06 bits per heavy atom. The van der Waals surface area contributed by atoms with Crippen LogP contribution in [0.5, 0.6) is 0 Å². The Kier molecular flexibility index (Phi) is 5.25. The van der Waals surface area contributed by atoms with Crippen molar-refractivity contribution < 1.29 is 4.79 Å². The second-order valence-corrected chi connectivity index (χ2v) is 4.29. The zero-order chi connectivity index (χ0) is 12.8. The molecule has 0 aliphatic heterocycles. The van der Waals surface area contributed by atoms with Gasteiger partial charge in [-0.1, -0.05) is 30.8 Å². The van der Waals surface area contributed by atoms with E-state index in [4.69, 9.17) is 5.73 Å². The summed E-state index contributed by atoms with van der Waals surface area (Å²) in [5, 5.41) is 2.94. The number of Topliss-reactive ketones (excluding diaryl/α,β-unsaturated/α-hetero) is 1. The largest absolute Gasteiger partial charge is 0.402 e. The molecule has 1 atom stereocenters. The lowest BCUT2D eigenvalue weighted by atomic mass is 10.0. The summed E-state index contributed by atoms with van der Waals surface area (Å²) >= 11 is 4.14. The highest BCUT2D eigenvalue weighted by atomic mass is 32.1. The first-order valence-corrected chi connectivity index (χ1v) is 6.06. The number of benzene rings is 1. The quantitative estimate of drug-likeness (QED) is 0.528. The summed E-state index contributed by atoms with van der Waals surface area (Å²) in [6.45, 7) is 3.65. The van der Waals surface area contributed by atoms with Gasteiger partial charge in [0.1, 0.15) is 0 Å². The molecule has 0 bridgehead atoms. The van der Waals surface area contributed by atoms with E-state index in [9.17, 15) is 4.79 Å². The Hall–Kier alpha value is -1.26. The minimum atomic E-state index is -0.242. The maximum atomic E-state index is 12.0. The molecule has 1 aromatic rings. The number of carbonyl (C=O) groups excluding carboxylic acids is 1. The van der Waals surface area contributed by atoms with E-state index in [0.717, 1.165) is 5.56 Å². The second kappa shape index (κ2) is 6.47. The van der Waals surface area contributed by atoms with Gasteiger partial charge in [0, 0.05) is 23.4 Å². The van der Waals surface area contributed by atoms with Gasteiger partial charge in [0.2, 0.25) is 0 Å². The first-order chi connectivity index (χ1) is 8.08. The van der Waals surface area contributed by atoms with Crippen LogP contribution in [0.2, 0.25) is 0 Å². The summed E-state index contributed by atoms with van der Waals surface area (Å²) in [5.74, 6) is 0.539. The zero-order valence-electron chi connectivity index (χ0n) is 9.94. The third kappa shape index (κ3) is 3.91. The van der Waals surface area contributed by atoms with Gasteiger partial charge in [-0.3, -0.25) is 4.79 Å².